The van der Waals surface area contributed by atoms with Gasteiger partial charge in [-0.05, 0) is 94.7 Å². The van der Waals surface area contributed by atoms with Crippen molar-refractivity contribution in [2.45, 2.75) is 128 Å². The van der Waals surface area contributed by atoms with Crippen molar-refractivity contribution in [2.75, 3.05) is 0 Å². The lowest BCUT2D eigenvalue weighted by atomic mass is 9.85. The van der Waals surface area contributed by atoms with Gasteiger partial charge in [-0.3, -0.25) is 4.98 Å². The SMILES string of the molecule is CCc1cc2c(cc1-c1ccc(-c3nc(C4CCCCC4)nc(C4CCCCC4)n3)cn1)C(C)(C)OC2(C)C. The molecule has 0 bridgehead atoms. The Hall–Kier alpha value is -2.66. The number of hydrogen-bond acceptors (Lipinski definition) is 5. The number of pyridine rings is 1. The summed E-state index contributed by atoms with van der Waals surface area (Å²) in [6.07, 6.45) is 15.5. The van der Waals surface area contributed by atoms with E-state index in [4.69, 9.17) is 24.7 Å². The Morgan fingerprint density at radius 1 is 0.744 bits per heavy atom. The number of hydrogen-bond donors (Lipinski definition) is 0. The molecule has 206 valence electrons. The van der Waals surface area contributed by atoms with E-state index < -0.39 is 0 Å². The van der Waals surface area contributed by atoms with Gasteiger partial charge < -0.3 is 4.74 Å². The zero-order valence-electron chi connectivity index (χ0n) is 24.5. The first-order valence-corrected chi connectivity index (χ1v) is 15.4. The van der Waals surface area contributed by atoms with Gasteiger partial charge in [0.1, 0.15) is 11.6 Å². The summed E-state index contributed by atoms with van der Waals surface area (Å²) in [5.74, 6) is 3.75. The van der Waals surface area contributed by atoms with Crippen molar-refractivity contribution in [1.29, 1.82) is 0 Å². The van der Waals surface area contributed by atoms with Crippen LogP contribution in [0.15, 0.2) is 30.5 Å². The lowest BCUT2D eigenvalue weighted by Gasteiger charge is -2.24. The number of aryl methyl sites for hydroxylation is 1. The summed E-state index contributed by atoms with van der Waals surface area (Å²) >= 11 is 0. The van der Waals surface area contributed by atoms with Crippen LogP contribution in [0.4, 0.5) is 0 Å². The number of fused-ring (bicyclic) bond motifs is 1. The first-order chi connectivity index (χ1) is 18.7. The molecule has 0 unspecified atom stereocenters. The Morgan fingerprint density at radius 3 is 1.82 bits per heavy atom. The van der Waals surface area contributed by atoms with E-state index in [2.05, 4.69) is 58.9 Å². The molecule has 3 aliphatic rings. The second-order valence-corrected chi connectivity index (χ2v) is 13.0. The van der Waals surface area contributed by atoms with Gasteiger partial charge in [-0.1, -0.05) is 51.5 Å². The van der Waals surface area contributed by atoms with Gasteiger partial charge in [0, 0.05) is 29.2 Å². The molecule has 1 aromatic carbocycles. The molecule has 2 aliphatic carbocycles. The number of rotatable bonds is 5. The molecule has 0 atom stereocenters. The van der Waals surface area contributed by atoms with E-state index in [0.717, 1.165) is 35.2 Å². The number of nitrogens with zero attached hydrogens (tertiary/aromatic N) is 4. The van der Waals surface area contributed by atoms with Crippen LogP contribution in [-0.2, 0) is 22.4 Å². The second kappa shape index (κ2) is 10.4. The highest BCUT2D eigenvalue weighted by molar-refractivity contribution is 5.69. The molecule has 1 aliphatic heterocycles. The standard InChI is InChI=1S/C34H44N4O/c1-6-22-19-27-28(34(4,5)39-33(27,2)3)20-26(22)29-18-17-25(21-35-29)32-37-30(23-13-9-7-10-14-23)36-31(38-32)24-15-11-8-12-16-24/h17-21,23-24H,6-16H2,1-5H3. The van der Waals surface area contributed by atoms with E-state index in [1.54, 1.807) is 0 Å². The predicted octanol–water partition coefficient (Wildman–Crippen LogP) is 8.76. The summed E-state index contributed by atoms with van der Waals surface area (Å²) in [6.45, 7) is 10.9. The molecule has 0 N–H and O–H groups in total. The Bertz CT molecular complexity index is 1300. The Labute approximate surface area is 234 Å². The summed E-state index contributed by atoms with van der Waals surface area (Å²) in [6, 6.07) is 8.96. The highest BCUT2D eigenvalue weighted by atomic mass is 16.5. The van der Waals surface area contributed by atoms with Crippen LogP contribution in [0.25, 0.3) is 22.6 Å². The van der Waals surface area contributed by atoms with Gasteiger partial charge >= 0.3 is 0 Å². The summed E-state index contributed by atoms with van der Waals surface area (Å²) in [5, 5.41) is 0. The van der Waals surface area contributed by atoms with Crippen LogP contribution in [0.1, 0.15) is 139 Å². The topological polar surface area (TPSA) is 60.8 Å². The minimum Gasteiger partial charge on any atom is -0.360 e. The van der Waals surface area contributed by atoms with E-state index in [1.807, 2.05) is 6.20 Å². The molecule has 5 nitrogen and oxygen atoms in total. The van der Waals surface area contributed by atoms with Gasteiger partial charge in [-0.2, -0.15) is 0 Å². The fraction of sp³-hybridized carbons (Fsp3) is 0.588. The highest BCUT2D eigenvalue weighted by Gasteiger charge is 2.43. The molecule has 0 spiro atoms. The largest absolute Gasteiger partial charge is 0.360 e. The third-order valence-electron chi connectivity index (χ3n) is 9.34. The molecule has 6 rings (SSSR count). The zero-order valence-corrected chi connectivity index (χ0v) is 24.5. The van der Waals surface area contributed by atoms with Crippen LogP contribution >= 0.6 is 0 Å². The van der Waals surface area contributed by atoms with Crippen LogP contribution < -0.4 is 0 Å². The summed E-state index contributed by atoms with van der Waals surface area (Å²) < 4.78 is 6.45. The molecular weight excluding hydrogens is 480 g/mol. The van der Waals surface area contributed by atoms with E-state index >= 15 is 0 Å². The molecule has 39 heavy (non-hydrogen) atoms. The third kappa shape index (κ3) is 5.15. The van der Waals surface area contributed by atoms with E-state index in [-0.39, 0.29) is 11.2 Å². The maximum Gasteiger partial charge on any atom is 0.164 e. The molecule has 0 radical (unpaired) electrons. The summed E-state index contributed by atoms with van der Waals surface area (Å²) in [4.78, 5) is 20.2. The molecule has 3 heterocycles. The van der Waals surface area contributed by atoms with Crippen LogP contribution in [0, 0.1) is 0 Å². The van der Waals surface area contributed by atoms with Crippen LogP contribution in [0.5, 0.6) is 0 Å². The average Bonchev–Trinajstić information content (AvgIpc) is 3.15. The molecular formula is C34H44N4O. The van der Waals surface area contributed by atoms with Crippen molar-refractivity contribution < 1.29 is 4.74 Å². The van der Waals surface area contributed by atoms with Crippen LogP contribution in [0.2, 0.25) is 0 Å². The normalized spacial score (nSPS) is 21.2. The summed E-state index contributed by atoms with van der Waals surface area (Å²) in [7, 11) is 0. The van der Waals surface area contributed by atoms with Gasteiger partial charge in [0.15, 0.2) is 5.82 Å². The van der Waals surface area contributed by atoms with Gasteiger partial charge in [-0.25, -0.2) is 15.0 Å². The molecule has 3 aromatic rings. The van der Waals surface area contributed by atoms with Crippen molar-refractivity contribution in [1.82, 2.24) is 19.9 Å². The van der Waals surface area contributed by atoms with E-state index in [1.165, 1.54) is 86.5 Å². The van der Waals surface area contributed by atoms with E-state index in [0.29, 0.717) is 11.8 Å². The minimum absolute atomic E-state index is 0.288. The number of benzene rings is 1. The molecule has 2 saturated carbocycles. The van der Waals surface area contributed by atoms with Crippen LogP contribution in [0.3, 0.4) is 0 Å². The molecule has 5 heteroatoms. The maximum absolute atomic E-state index is 6.45. The molecule has 2 fully saturated rings. The maximum atomic E-state index is 6.45. The Kier molecular flexibility index (Phi) is 7.07. The molecule has 0 amide bonds. The second-order valence-electron chi connectivity index (χ2n) is 13.0. The fourth-order valence-electron chi connectivity index (χ4n) is 7.23. The molecule has 0 saturated heterocycles. The highest BCUT2D eigenvalue weighted by Crippen LogP contribution is 2.48. The first kappa shape index (κ1) is 26.6. The van der Waals surface area contributed by atoms with Crippen molar-refractivity contribution in [3.63, 3.8) is 0 Å². The van der Waals surface area contributed by atoms with Crippen molar-refractivity contribution in [3.05, 3.63) is 58.8 Å². The fourth-order valence-corrected chi connectivity index (χ4v) is 7.23. The average molecular weight is 525 g/mol. The van der Waals surface area contributed by atoms with Crippen molar-refractivity contribution >= 4 is 0 Å². The van der Waals surface area contributed by atoms with Crippen molar-refractivity contribution in [2.24, 2.45) is 0 Å². The van der Waals surface area contributed by atoms with E-state index in [9.17, 15) is 0 Å². The lowest BCUT2D eigenvalue weighted by Crippen LogP contribution is -2.22. The molecule has 2 aromatic heterocycles. The van der Waals surface area contributed by atoms with Crippen LogP contribution in [-0.4, -0.2) is 19.9 Å². The zero-order chi connectivity index (χ0) is 27.2. The quantitative estimate of drug-likeness (QED) is 0.334. The van der Waals surface area contributed by atoms with Gasteiger partial charge in [-0.15, -0.1) is 0 Å². The first-order valence-electron chi connectivity index (χ1n) is 15.4. The third-order valence-corrected chi connectivity index (χ3v) is 9.34. The number of ether oxygens (including phenoxy) is 1. The van der Waals surface area contributed by atoms with Crippen molar-refractivity contribution in [3.8, 4) is 22.6 Å². The predicted molar refractivity (Wildman–Crippen MR) is 157 cm³/mol. The summed E-state index contributed by atoms with van der Waals surface area (Å²) in [5.41, 5.74) is 6.42. The lowest BCUT2D eigenvalue weighted by molar-refractivity contribution is -0.105. The number of aromatic nitrogens is 4. The van der Waals surface area contributed by atoms with Gasteiger partial charge in [0.25, 0.3) is 0 Å². The smallest absolute Gasteiger partial charge is 0.164 e. The Morgan fingerprint density at radius 2 is 1.31 bits per heavy atom. The van der Waals surface area contributed by atoms with Gasteiger partial charge in [0.05, 0.1) is 16.9 Å². The van der Waals surface area contributed by atoms with Gasteiger partial charge in [0.2, 0.25) is 0 Å². The monoisotopic (exact) mass is 524 g/mol. The Balaban J connectivity index is 1.37. The minimum atomic E-state index is -0.324.